The van der Waals surface area contributed by atoms with Crippen molar-refractivity contribution in [2.24, 2.45) is 5.73 Å². The molecule has 3 heterocycles. The quantitative estimate of drug-likeness (QED) is 0.379. The molecule has 4 aromatic rings. The van der Waals surface area contributed by atoms with Gasteiger partial charge in [0.1, 0.15) is 34.4 Å². The number of hydrogen-bond donors (Lipinski definition) is 3. The maximum atomic E-state index is 13.9. The molecule has 12 heteroatoms. The van der Waals surface area contributed by atoms with Crippen LogP contribution in [0.25, 0.3) is 33.5 Å². The fraction of sp³-hybridized carbons (Fsp3) is 0.435. The maximum absolute atomic E-state index is 13.9. The van der Waals surface area contributed by atoms with Crippen molar-refractivity contribution in [1.29, 1.82) is 0 Å². The number of hydrogen-bond acceptors (Lipinski definition) is 9. The van der Waals surface area contributed by atoms with E-state index in [4.69, 9.17) is 27.3 Å². The second kappa shape index (κ2) is 9.14. The number of benzene rings is 1. The minimum atomic E-state index is -0.995. The van der Waals surface area contributed by atoms with E-state index in [-0.39, 0.29) is 12.6 Å². The van der Waals surface area contributed by atoms with Crippen LogP contribution in [-0.2, 0) is 6.61 Å². The summed E-state index contributed by atoms with van der Waals surface area (Å²) in [4.78, 5) is 22.3. The topological polar surface area (TPSA) is 133 Å². The van der Waals surface area contributed by atoms with Crippen molar-refractivity contribution in [3.05, 3.63) is 29.0 Å². The van der Waals surface area contributed by atoms with Gasteiger partial charge in [-0.15, -0.1) is 0 Å². The Labute approximate surface area is 206 Å². The lowest BCUT2D eigenvalue weighted by molar-refractivity contribution is 0.201. The zero-order valence-corrected chi connectivity index (χ0v) is 20.5. The van der Waals surface area contributed by atoms with E-state index in [1.165, 1.54) is 0 Å². The number of nitrogens with two attached hydrogens (primary N) is 1. The number of aromatic amines is 1. The molecule has 1 fully saturated rings. The monoisotopic (exact) mass is 499 g/mol. The molecule has 0 unspecified atom stereocenters. The van der Waals surface area contributed by atoms with E-state index in [9.17, 15) is 9.50 Å². The van der Waals surface area contributed by atoms with Gasteiger partial charge in [-0.05, 0) is 31.4 Å². The smallest absolute Gasteiger partial charge is 0.177 e. The molecule has 35 heavy (non-hydrogen) atoms. The Morgan fingerprint density at radius 2 is 1.97 bits per heavy atom. The summed E-state index contributed by atoms with van der Waals surface area (Å²) in [6.45, 7) is -0.319. The van der Waals surface area contributed by atoms with Crippen molar-refractivity contribution in [2.75, 3.05) is 30.9 Å². The van der Waals surface area contributed by atoms with Crippen molar-refractivity contribution in [3.63, 3.8) is 0 Å². The molecule has 0 saturated heterocycles. The average molecular weight is 500 g/mol. The molecular weight excluding hydrogens is 473 g/mol. The minimum absolute atomic E-state index is 0.00385. The molecule has 0 aliphatic heterocycles. The van der Waals surface area contributed by atoms with Gasteiger partial charge in [0.05, 0.1) is 23.3 Å². The van der Waals surface area contributed by atoms with Crippen LogP contribution in [0, 0.1) is 0 Å². The first-order valence-electron chi connectivity index (χ1n) is 11.4. The Balaban J connectivity index is 1.57. The highest BCUT2D eigenvalue weighted by Gasteiger charge is 2.32. The number of anilines is 2. The minimum Gasteiger partial charge on any atom is -0.390 e. The van der Waals surface area contributed by atoms with E-state index in [2.05, 4.69) is 20.2 Å². The van der Waals surface area contributed by atoms with Gasteiger partial charge >= 0.3 is 0 Å². The second-order valence-corrected chi connectivity index (χ2v) is 9.47. The summed E-state index contributed by atoms with van der Waals surface area (Å²) in [6, 6.07) is 3.13. The number of H-pyrrole nitrogens is 1. The van der Waals surface area contributed by atoms with Crippen LogP contribution in [0.3, 0.4) is 0 Å². The fourth-order valence-electron chi connectivity index (χ4n) is 4.55. The number of aromatic nitrogens is 6. The van der Waals surface area contributed by atoms with Gasteiger partial charge in [0, 0.05) is 38.8 Å². The number of rotatable bonds is 5. The molecule has 0 radical (unpaired) electrons. The molecule has 5 rings (SSSR count). The van der Waals surface area contributed by atoms with Gasteiger partial charge in [-0.25, -0.2) is 19.3 Å². The SMILES string of the molecule is CN(C)c1cnc2ccc(-c3n[nH]c4nc(N(C)[C@@H]5CC[C@@H](F)[C@@H](N)C5)c(CO)nc34)c(Cl)c2n1. The Morgan fingerprint density at radius 1 is 1.17 bits per heavy atom. The van der Waals surface area contributed by atoms with Crippen LogP contribution in [0.4, 0.5) is 16.0 Å². The Kier molecular flexibility index (Phi) is 6.16. The van der Waals surface area contributed by atoms with Gasteiger partial charge in [-0.1, -0.05) is 11.6 Å². The first kappa shape index (κ1) is 23.6. The van der Waals surface area contributed by atoms with Crippen molar-refractivity contribution in [3.8, 4) is 11.3 Å². The Hall–Kier alpha value is -3.15. The molecule has 184 valence electrons. The number of nitrogens with one attached hydrogen (secondary N) is 1. The molecule has 0 amide bonds. The summed E-state index contributed by atoms with van der Waals surface area (Å²) in [7, 11) is 5.63. The van der Waals surface area contributed by atoms with Gasteiger partial charge in [-0.2, -0.15) is 5.10 Å². The van der Waals surface area contributed by atoms with Crippen LogP contribution >= 0.6 is 11.6 Å². The second-order valence-electron chi connectivity index (χ2n) is 9.10. The lowest BCUT2D eigenvalue weighted by atomic mass is 9.89. The molecule has 3 atom stereocenters. The Morgan fingerprint density at radius 3 is 2.69 bits per heavy atom. The predicted molar refractivity (Wildman–Crippen MR) is 134 cm³/mol. The van der Waals surface area contributed by atoms with E-state index in [1.54, 1.807) is 6.20 Å². The summed E-state index contributed by atoms with van der Waals surface area (Å²) in [5.74, 6) is 1.19. The van der Waals surface area contributed by atoms with Crippen LogP contribution in [-0.4, -0.2) is 74.6 Å². The molecule has 4 N–H and O–H groups in total. The number of alkyl halides is 1. The van der Waals surface area contributed by atoms with Crippen molar-refractivity contribution in [1.82, 2.24) is 30.1 Å². The van der Waals surface area contributed by atoms with E-state index in [1.807, 2.05) is 43.1 Å². The third-order valence-electron chi connectivity index (χ3n) is 6.61. The number of nitrogens with zero attached hydrogens (tertiary/aromatic N) is 7. The normalized spacial score (nSPS) is 20.5. The van der Waals surface area contributed by atoms with E-state index in [0.29, 0.717) is 75.1 Å². The zero-order valence-electron chi connectivity index (χ0n) is 19.7. The summed E-state index contributed by atoms with van der Waals surface area (Å²) in [6.07, 6.45) is 2.23. The molecule has 0 spiro atoms. The van der Waals surface area contributed by atoms with Crippen molar-refractivity contribution in [2.45, 2.75) is 44.1 Å². The fourth-order valence-corrected chi connectivity index (χ4v) is 4.84. The van der Waals surface area contributed by atoms with Crippen molar-refractivity contribution < 1.29 is 9.50 Å². The van der Waals surface area contributed by atoms with Gasteiger partial charge in [0.15, 0.2) is 11.5 Å². The van der Waals surface area contributed by atoms with E-state index in [0.717, 1.165) is 0 Å². The lowest BCUT2D eigenvalue weighted by Gasteiger charge is -2.36. The Bertz CT molecular complexity index is 1390. The van der Waals surface area contributed by atoms with Gasteiger partial charge < -0.3 is 20.6 Å². The standard InChI is InChI=1S/C23H27ClFN9O/c1-33(2)17-9-27-15-7-5-12(18(24)20(15)29-17)19-21-22(32-31-19)30-23(16(10-35)28-21)34(3)11-4-6-13(25)14(26)8-11/h5,7,9,11,13-14,35H,4,6,8,10,26H2,1-3H3,(H,30,31,32)/t11-,13-,14+/m1/s1. The molecule has 1 aliphatic carbocycles. The largest absolute Gasteiger partial charge is 0.390 e. The number of aliphatic hydroxyl groups excluding tert-OH is 1. The highest BCUT2D eigenvalue weighted by Crippen LogP contribution is 2.36. The van der Waals surface area contributed by atoms with Crippen molar-refractivity contribution >= 4 is 45.4 Å². The van der Waals surface area contributed by atoms with Gasteiger partial charge in [-0.3, -0.25) is 10.1 Å². The zero-order chi connectivity index (χ0) is 24.9. The van der Waals surface area contributed by atoms with Crippen LogP contribution < -0.4 is 15.5 Å². The van der Waals surface area contributed by atoms with E-state index < -0.39 is 12.2 Å². The first-order chi connectivity index (χ1) is 16.8. The van der Waals surface area contributed by atoms with Crippen LogP contribution in [0.1, 0.15) is 25.0 Å². The van der Waals surface area contributed by atoms with Crippen LogP contribution in [0.5, 0.6) is 0 Å². The summed E-state index contributed by atoms with van der Waals surface area (Å²) in [5, 5.41) is 17.9. The third-order valence-corrected chi connectivity index (χ3v) is 7.00. The van der Waals surface area contributed by atoms with E-state index >= 15 is 0 Å². The third kappa shape index (κ3) is 4.13. The molecule has 1 aromatic carbocycles. The summed E-state index contributed by atoms with van der Waals surface area (Å²) in [5.41, 5.74) is 9.63. The highest BCUT2D eigenvalue weighted by molar-refractivity contribution is 6.38. The van der Waals surface area contributed by atoms with Gasteiger partial charge in [0.25, 0.3) is 0 Å². The number of fused-ring (bicyclic) bond motifs is 2. The lowest BCUT2D eigenvalue weighted by Crippen LogP contribution is -2.46. The van der Waals surface area contributed by atoms with Crippen LogP contribution in [0.2, 0.25) is 5.02 Å². The number of aliphatic hydroxyl groups is 1. The predicted octanol–water partition coefficient (Wildman–Crippen LogP) is 2.83. The molecule has 3 aromatic heterocycles. The molecule has 0 bridgehead atoms. The molecule has 1 saturated carbocycles. The first-order valence-corrected chi connectivity index (χ1v) is 11.8. The average Bonchev–Trinajstić information content (AvgIpc) is 3.27. The van der Waals surface area contributed by atoms with Gasteiger partial charge in [0.2, 0.25) is 0 Å². The molecular formula is C23H27ClFN9O. The molecule has 10 nitrogen and oxygen atoms in total. The number of halogens is 2. The van der Waals surface area contributed by atoms with Crippen LogP contribution in [0.15, 0.2) is 18.3 Å². The summed E-state index contributed by atoms with van der Waals surface area (Å²) < 4.78 is 13.9. The summed E-state index contributed by atoms with van der Waals surface area (Å²) >= 11 is 6.77. The molecule has 1 aliphatic rings. The highest BCUT2D eigenvalue weighted by atomic mass is 35.5. The maximum Gasteiger partial charge on any atom is 0.177 e.